The molecule has 1 aromatic rings. The van der Waals surface area contributed by atoms with Gasteiger partial charge in [-0.15, -0.1) is 0 Å². The van der Waals surface area contributed by atoms with Crippen molar-refractivity contribution in [1.82, 2.24) is 15.1 Å². The third-order valence-corrected chi connectivity index (χ3v) is 3.43. The highest BCUT2D eigenvalue weighted by molar-refractivity contribution is 5.40. The van der Waals surface area contributed by atoms with E-state index in [-0.39, 0.29) is 0 Å². The van der Waals surface area contributed by atoms with Crippen molar-refractivity contribution >= 4 is 5.69 Å². The van der Waals surface area contributed by atoms with Crippen LogP contribution in [0.3, 0.4) is 0 Å². The molecule has 1 saturated heterocycles. The molecule has 0 radical (unpaired) electrons. The number of nitrogens with one attached hydrogen (secondary N) is 2. The molecular weight excluding hydrogens is 176 g/mol. The van der Waals surface area contributed by atoms with Gasteiger partial charge < -0.3 is 10.6 Å². The van der Waals surface area contributed by atoms with Crippen LogP contribution in [-0.2, 0) is 7.05 Å². The molecule has 1 spiro atoms. The molecule has 1 aromatic heterocycles. The highest BCUT2D eigenvalue weighted by Gasteiger charge is 2.48. The first-order valence-corrected chi connectivity index (χ1v) is 5.22. The van der Waals surface area contributed by atoms with Gasteiger partial charge in [0.15, 0.2) is 0 Å². The zero-order chi connectivity index (χ0) is 9.60. The lowest BCUT2D eigenvalue weighted by molar-refractivity contribution is 0.0470. The summed E-state index contributed by atoms with van der Waals surface area (Å²) in [7, 11) is 1.95. The van der Waals surface area contributed by atoms with Crippen LogP contribution < -0.4 is 10.6 Å². The number of nitrogens with zero attached hydrogens (tertiary/aromatic N) is 2. The normalized spacial score (nSPS) is 24.4. The number of aryl methyl sites for hydroxylation is 1. The molecule has 2 heterocycles. The smallest absolute Gasteiger partial charge is 0.0728 e. The Balaban J connectivity index is 1.55. The Morgan fingerprint density at radius 2 is 2.36 bits per heavy atom. The topological polar surface area (TPSA) is 41.9 Å². The third-order valence-electron chi connectivity index (χ3n) is 3.43. The van der Waals surface area contributed by atoms with Gasteiger partial charge in [0.05, 0.1) is 11.9 Å². The van der Waals surface area contributed by atoms with Crippen LogP contribution in [0, 0.1) is 5.41 Å². The molecule has 2 N–H and O–H groups in total. The number of anilines is 1. The van der Waals surface area contributed by atoms with Crippen molar-refractivity contribution < 1.29 is 0 Å². The Labute approximate surface area is 83.7 Å². The molecule has 3 rings (SSSR count). The van der Waals surface area contributed by atoms with Crippen LogP contribution >= 0.6 is 0 Å². The van der Waals surface area contributed by atoms with E-state index in [0.29, 0.717) is 11.5 Å². The van der Waals surface area contributed by atoms with Crippen LogP contribution in [0.15, 0.2) is 12.4 Å². The van der Waals surface area contributed by atoms with Crippen molar-refractivity contribution in [3.63, 3.8) is 0 Å². The maximum absolute atomic E-state index is 4.14. The standard InChI is InChI=1S/C10H16N4/c1-14-5-9(4-12-14)13-8-2-10(3-8)6-11-7-10/h4-5,8,11,13H,2-3,6-7H2,1H3. The van der Waals surface area contributed by atoms with E-state index in [1.807, 2.05) is 24.1 Å². The van der Waals surface area contributed by atoms with Gasteiger partial charge in [-0.25, -0.2) is 0 Å². The van der Waals surface area contributed by atoms with Gasteiger partial charge in [0.25, 0.3) is 0 Å². The number of rotatable bonds is 2. The molecule has 14 heavy (non-hydrogen) atoms. The lowest BCUT2D eigenvalue weighted by Gasteiger charge is -2.54. The molecular formula is C10H16N4. The third kappa shape index (κ3) is 1.21. The summed E-state index contributed by atoms with van der Waals surface area (Å²) in [5.41, 5.74) is 1.81. The van der Waals surface area contributed by atoms with Crippen molar-refractivity contribution in [3.05, 3.63) is 12.4 Å². The average Bonchev–Trinajstić information content (AvgIpc) is 2.39. The molecule has 4 heteroatoms. The Kier molecular flexibility index (Phi) is 1.62. The first kappa shape index (κ1) is 8.29. The molecule has 4 nitrogen and oxygen atoms in total. The molecule has 0 amide bonds. The average molecular weight is 192 g/mol. The molecule has 76 valence electrons. The molecule has 1 aliphatic heterocycles. The minimum absolute atomic E-state index is 0.653. The van der Waals surface area contributed by atoms with Gasteiger partial charge in [-0.1, -0.05) is 0 Å². The molecule has 2 fully saturated rings. The molecule has 1 saturated carbocycles. The van der Waals surface area contributed by atoms with E-state index in [2.05, 4.69) is 15.7 Å². The quantitative estimate of drug-likeness (QED) is 0.720. The fourth-order valence-electron chi connectivity index (χ4n) is 2.59. The van der Waals surface area contributed by atoms with Crippen molar-refractivity contribution in [3.8, 4) is 0 Å². The summed E-state index contributed by atoms with van der Waals surface area (Å²) in [5.74, 6) is 0. The van der Waals surface area contributed by atoms with E-state index in [9.17, 15) is 0 Å². The van der Waals surface area contributed by atoms with Crippen LogP contribution in [0.5, 0.6) is 0 Å². The molecule has 1 aliphatic carbocycles. The van der Waals surface area contributed by atoms with E-state index in [0.717, 1.165) is 5.69 Å². The predicted octanol–water partition coefficient (Wildman–Crippen LogP) is 0.584. The second-order valence-electron chi connectivity index (χ2n) is 4.76. The molecule has 0 atom stereocenters. The molecule has 0 bridgehead atoms. The van der Waals surface area contributed by atoms with Crippen molar-refractivity contribution in [2.75, 3.05) is 18.4 Å². The summed E-state index contributed by atoms with van der Waals surface area (Å²) in [6, 6.07) is 0.668. The van der Waals surface area contributed by atoms with Crippen molar-refractivity contribution in [2.45, 2.75) is 18.9 Å². The summed E-state index contributed by atoms with van der Waals surface area (Å²) in [6.45, 7) is 2.44. The van der Waals surface area contributed by atoms with Gasteiger partial charge in [0.2, 0.25) is 0 Å². The fourth-order valence-corrected chi connectivity index (χ4v) is 2.59. The van der Waals surface area contributed by atoms with Gasteiger partial charge >= 0.3 is 0 Å². The van der Waals surface area contributed by atoms with E-state index < -0.39 is 0 Å². The second-order valence-corrected chi connectivity index (χ2v) is 4.76. The summed E-state index contributed by atoms with van der Waals surface area (Å²) < 4.78 is 1.83. The largest absolute Gasteiger partial charge is 0.380 e. The number of hydrogen-bond acceptors (Lipinski definition) is 3. The van der Waals surface area contributed by atoms with Crippen LogP contribution in [0.2, 0.25) is 0 Å². The highest BCUT2D eigenvalue weighted by atomic mass is 15.3. The Morgan fingerprint density at radius 1 is 1.57 bits per heavy atom. The van der Waals surface area contributed by atoms with Crippen molar-refractivity contribution in [2.24, 2.45) is 12.5 Å². The zero-order valence-electron chi connectivity index (χ0n) is 8.45. The number of aromatic nitrogens is 2. The van der Waals surface area contributed by atoms with Gasteiger partial charge in [0, 0.05) is 32.4 Å². The second kappa shape index (κ2) is 2.73. The monoisotopic (exact) mass is 192 g/mol. The summed E-state index contributed by atoms with van der Waals surface area (Å²) in [6.07, 6.45) is 6.55. The zero-order valence-corrected chi connectivity index (χ0v) is 8.45. The summed E-state index contributed by atoms with van der Waals surface area (Å²) >= 11 is 0. The minimum Gasteiger partial charge on any atom is -0.380 e. The van der Waals surface area contributed by atoms with Gasteiger partial charge in [-0.2, -0.15) is 5.10 Å². The fraction of sp³-hybridized carbons (Fsp3) is 0.700. The SMILES string of the molecule is Cn1cc(NC2CC3(CNC3)C2)cn1. The van der Waals surface area contributed by atoms with Gasteiger partial charge in [-0.05, 0) is 18.3 Å². The van der Waals surface area contributed by atoms with Gasteiger partial charge in [-0.3, -0.25) is 4.68 Å². The first-order valence-electron chi connectivity index (χ1n) is 5.22. The Morgan fingerprint density at radius 3 is 2.86 bits per heavy atom. The summed E-state index contributed by atoms with van der Waals surface area (Å²) in [5, 5.41) is 11.0. The van der Waals surface area contributed by atoms with Crippen molar-refractivity contribution in [1.29, 1.82) is 0 Å². The van der Waals surface area contributed by atoms with Crippen LogP contribution in [0.4, 0.5) is 5.69 Å². The number of hydrogen-bond donors (Lipinski definition) is 2. The first-order chi connectivity index (χ1) is 6.76. The lowest BCUT2D eigenvalue weighted by atomic mass is 9.61. The minimum atomic E-state index is 0.653. The van der Waals surface area contributed by atoms with E-state index in [1.54, 1.807) is 0 Å². The highest BCUT2D eigenvalue weighted by Crippen LogP contribution is 2.45. The Bertz CT molecular complexity index is 332. The summed E-state index contributed by atoms with van der Waals surface area (Å²) in [4.78, 5) is 0. The van der Waals surface area contributed by atoms with E-state index in [1.165, 1.54) is 25.9 Å². The van der Waals surface area contributed by atoms with E-state index in [4.69, 9.17) is 0 Å². The Hall–Kier alpha value is -1.03. The molecule has 0 unspecified atom stereocenters. The molecule has 2 aliphatic rings. The predicted molar refractivity (Wildman–Crippen MR) is 55.2 cm³/mol. The van der Waals surface area contributed by atoms with E-state index >= 15 is 0 Å². The van der Waals surface area contributed by atoms with Crippen LogP contribution in [-0.4, -0.2) is 28.9 Å². The lowest BCUT2D eigenvalue weighted by Crippen LogP contribution is -2.63. The van der Waals surface area contributed by atoms with Gasteiger partial charge in [0.1, 0.15) is 0 Å². The molecule has 0 aromatic carbocycles. The van der Waals surface area contributed by atoms with Crippen LogP contribution in [0.1, 0.15) is 12.8 Å². The van der Waals surface area contributed by atoms with Crippen LogP contribution in [0.25, 0.3) is 0 Å². The maximum Gasteiger partial charge on any atom is 0.0728 e. The maximum atomic E-state index is 4.14.